The van der Waals surface area contributed by atoms with Crippen LogP contribution in [0.2, 0.25) is 0 Å². The van der Waals surface area contributed by atoms with Gasteiger partial charge in [-0.3, -0.25) is 0 Å². The summed E-state index contributed by atoms with van der Waals surface area (Å²) < 4.78 is 0. The smallest absolute Gasteiger partial charge is 0.00401 e. The average Bonchev–Trinajstić information content (AvgIpc) is 1.88. The summed E-state index contributed by atoms with van der Waals surface area (Å²) in [6.07, 6.45) is 0. The molecule has 0 radical (unpaired) electrons. The van der Waals surface area contributed by atoms with E-state index in [2.05, 4.69) is 38.6 Å². The van der Waals surface area contributed by atoms with E-state index in [0.29, 0.717) is 5.92 Å². The van der Waals surface area contributed by atoms with Crippen LogP contribution < -0.4 is 0 Å². The first kappa shape index (κ1) is 10.5. The minimum absolute atomic E-state index is 0. The Morgan fingerprint density at radius 1 is 1.09 bits per heavy atom. The summed E-state index contributed by atoms with van der Waals surface area (Å²) in [6.45, 7) is 4.38. The fourth-order valence-electron chi connectivity index (χ4n) is 0.859. The van der Waals surface area contributed by atoms with Gasteiger partial charge in [-0.1, -0.05) is 26.0 Å². The second-order valence-electron chi connectivity index (χ2n) is 2.75. The lowest BCUT2D eigenvalue weighted by atomic mass is 10.0. The Morgan fingerprint density at radius 3 is 1.91 bits per heavy atom. The summed E-state index contributed by atoms with van der Waals surface area (Å²) in [5.74, 6) is 0.619. The van der Waals surface area contributed by atoms with Crippen LogP contribution in [0.5, 0.6) is 0 Å². The van der Waals surface area contributed by atoms with Crippen LogP contribution in [0.1, 0.15) is 25.3 Å². The van der Waals surface area contributed by atoms with Crippen molar-refractivity contribution in [3.8, 4) is 0 Å². The highest BCUT2D eigenvalue weighted by atomic mass is 32.1. The molecule has 0 aliphatic heterocycles. The fourth-order valence-corrected chi connectivity index (χ4v) is 1.01. The van der Waals surface area contributed by atoms with Crippen LogP contribution in [-0.2, 0) is 0 Å². The van der Waals surface area contributed by atoms with E-state index in [1.54, 1.807) is 0 Å². The first-order valence-electron chi connectivity index (χ1n) is 3.49. The maximum Gasteiger partial charge on any atom is 0.00401 e. The van der Waals surface area contributed by atoms with Gasteiger partial charge in [0, 0.05) is 4.90 Å². The molecular weight excluding hydrogens is 156 g/mol. The van der Waals surface area contributed by atoms with Gasteiger partial charge in [-0.05, 0) is 23.6 Å². The van der Waals surface area contributed by atoms with Crippen LogP contribution in [0.25, 0.3) is 0 Å². The van der Waals surface area contributed by atoms with Crippen LogP contribution in [0, 0.1) is 0 Å². The molecule has 0 fully saturated rings. The number of thiol groups is 1. The molecule has 0 aliphatic rings. The highest BCUT2D eigenvalue weighted by Gasteiger charge is 1.95. The largest absolute Gasteiger partial charge is 0.412 e. The van der Waals surface area contributed by atoms with Crippen LogP contribution in [-0.4, -0.2) is 5.48 Å². The monoisotopic (exact) mass is 170 g/mol. The molecule has 2 N–H and O–H groups in total. The Bertz CT molecular complexity index is 203. The van der Waals surface area contributed by atoms with E-state index in [0.717, 1.165) is 4.90 Å². The summed E-state index contributed by atoms with van der Waals surface area (Å²) in [6, 6.07) is 8.29. The van der Waals surface area contributed by atoms with E-state index in [9.17, 15) is 0 Å². The van der Waals surface area contributed by atoms with Crippen LogP contribution in [0.15, 0.2) is 29.2 Å². The highest BCUT2D eigenvalue weighted by Crippen LogP contribution is 2.15. The molecule has 1 nitrogen and oxygen atoms in total. The van der Waals surface area contributed by atoms with Gasteiger partial charge < -0.3 is 5.48 Å². The topological polar surface area (TPSA) is 31.5 Å². The molecule has 0 saturated heterocycles. The van der Waals surface area contributed by atoms with Crippen LogP contribution in [0.3, 0.4) is 0 Å². The third kappa shape index (κ3) is 2.95. The van der Waals surface area contributed by atoms with Gasteiger partial charge in [0.2, 0.25) is 0 Å². The average molecular weight is 170 g/mol. The number of hydrogen-bond acceptors (Lipinski definition) is 1. The molecule has 0 heterocycles. The van der Waals surface area contributed by atoms with Crippen molar-refractivity contribution in [1.29, 1.82) is 0 Å². The van der Waals surface area contributed by atoms with Crippen molar-refractivity contribution in [2.45, 2.75) is 24.7 Å². The Labute approximate surface area is 73.2 Å². The summed E-state index contributed by atoms with van der Waals surface area (Å²) in [5, 5.41) is 0. The van der Waals surface area contributed by atoms with Gasteiger partial charge in [-0.15, -0.1) is 12.6 Å². The van der Waals surface area contributed by atoms with Crippen molar-refractivity contribution in [3.63, 3.8) is 0 Å². The van der Waals surface area contributed by atoms with E-state index in [-0.39, 0.29) is 5.48 Å². The molecule has 0 aliphatic carbocycles. The van der Waals surface area contributed by atoms with Gasteiger partial charge in [-0.2, -0.15) is 0 Å². The molecule has 11 heavy (non-hydrogen) atoms. The van der Waals surface area contributed by atoms with Gasteiger partial charge in [0.1, 0.15) is 0 Å². The first-order chi connectivity index (χ1) is 4.70. The van der Waals surface area contributed by atoms with Crippen LogP contribution >= 0.6 is 12.6 Å². The lowest BCUT2D eigenvalue weighted by Crippen LogP contribution is -1.84. The van der Waals surface area contributed by atoms with Gasteiger partial charge in [0.05, 0.1) is 0 Å². The van der Waals surface area contributed by atoms with E-state index in [4.69, 9.17) is 0 Å². The second kappa shape index (κ2) is 4.42. The summed E-state index contributed by atoms with van der Waals surface area (Å²) >= 11 is 4.20. The predicted octanol–water partition coefficient (Wildman–Crippen LogP) is 2.27. The molecule has 62 valence electrons. The zero-order valence-corrected chi connectivity index (χ0v) is 7.73. The molecular formula is C9H14OS. The Balaban J connectivity index is 0.000001000. The van der Waals surface area contributed by atoms with Crippen molar-refractivity contribution in [2.75, 3.05) is 0 Å². The van der Waals surface area contributed by atoms with Gasteiger partial charge >= 0.3 is 0 Å². The minimum atomic E-state index is 0. The van der Waals surface area contributed by atoms with Crippen molar-refractivity contribution in [3.05, 3.63) is 29.8 Å². The van der Waals surface area contributed by atoms with Gasteiger partial charge in [-0.25, -0.2) is 0 Å². The molecule has 0 atom stereocenters. The van der Waals surface area contributed by atoms with Crippen molar-refractivity contribution < 1.29 is 5.48 Å². The van der Waals surface area contributed by atoms with Crippen molar-refractivity contribution in [2.24, 2.45) is 0 Å². The fraction of sp³-hybridized carbons (Fsp3) is 0.333. The molecule has 1 rings (SSSR count). The van der Waals surface area contributed by atoms with Gasteiger partial charge in [0.15, 0.2) is 0 Å². The normalized spacial score (nSPS) is 9.45. The first-order valence-corrected chi connectivity index (χ1v) is 3.94. The molecule has 0 saturated carbocycles. The number of benzene rings is 1. The predicted molar refractivity (Wildman–Crippen MR) is 51.4 cm³/mol. The second-order valence-corrected chi connectivity index (χ2v) is 3.26. The van der Waals surface area contributed by atoms with Crippen LogP contribution in [0.4, 0.5) is 0 Å². The molecule has 0 unspecified atom stereocenters. The lowest BCUT2D eigenvalue weighted by molar-refractivity contribution is 0.824. The maximum atomic E-state index is 4.20. The Kier molecular flexibility index (Phi) is 4.23. The molecule has 0 bridgehead atoms. The van der Waals surface area contributed by atoms with E-state index in [1.807, 2.05) is 12.1 Å². The quantitative estimate of drug-likeness (QED) is 0.627. The van der Waals surface area contributed by atoms with E-state index >= 15 is 0 Å². The summed E-state index contributed by atoms with van der Waals surface area (Å²) in [7, 11) is 0. The molecule has 0 amide bonds. The SMILES string of the molecule is CC(C)c1ccc(S)cc1.O. The molecule has 2 heteroatoms. The lowest BCUT2D eigenvalue weighted by Gasteiger charge is -2.03. The number of hydrogen-bond donors (Lipinski definition) is 1. The summed E-state index contributed by atoms with van der Waals surface area (Å²) in [4.78, 5) is 1.03. The van der Waals surface area contributed by atoms with Gasteiger partial charge in [0.25, 0.3) is 0 Å². The minimum Gasteiger partial charge on any atom is -0.412 e. The maximum absolute atomic E-state index is 4.20. The zero-order chi connectivity index (χ0) is 7.56. The Hall–Kier alpha value is -0.470. The zero-order valence-electron chi connectivity index (χ0n) is 6.83. The summed E-state index contributed by atoms with van der Waals surface area (Å²) in [5.41, 5.74) is 1.37. The number of rotatable bonds is 1. The standard InChI is InChI=1S/C9H12S.H2O/c1-7(2)8-3-5-9(10)6-4-8;/h3-7,10H,1-2H3;1H2. The van der Waals surface area contributed by atoms with E-state index in [1.165, 1.54) is 5.56 Å². The molecule has 0 aromatic heterocycles. The molecule has 0 spiro atoms. The van der Waals surface area contributed by atoms with E-state index < -0.39 is 0 Å². The van der Waals surface area contributed by atoms with Crippen molar-refractivity contribution in [1.82, 2.24) is 0 Å². The Morgan fingerprint density at radius 2 is 1.55 bits per heavy atom. The third-order valence-electron chi connectivity index (χ3n) is 1.56. The highest BCUT2D eigenvalue weighted by molar-refractivity contribution is 7.80. The molecule has 1 aromatic carbocycles. The third-order valence-corrected chi connectivity index (χ3v) is 1.86. The molecule has 1 aromatic rings. The van der Waals surface area contributed by atoms with Crippen molar-refractivity contribution >= 4 is 12.6 Å².